The number of rotatable bonds is 12. The summed E-state index contributed by atoms with van der Waals surface area (Å²) in [4.78, 5) is 33.7. The predicted octanol–water partition coefficient (Wildman–Crippen LogP) is 1.29. The Bertz CT molecular complexity index is 630. The van der Waals surface area contributed by atoms with Crippen molar-refractivity contribution in [3.63, 3.8) is 0 Å². The molecule has 0 saturated heterocycles. The molecule has 0 aliphatic carbocycles. The number of hydrogen-bond donors (Lipinski definition) is 2. The first kappa shape index (κ1) is 25.1. The molecule has 0 saturated carbocycles. The number of aliphatic carboxylic acids is 1. The molecule has 0 fully saturated rings. The van der Waals surface area contributed by atoms with Gasteiger partial charge in [-0.3, -0.25) is 13.8 Å². The van der Waals surface area contributed by atoms with Gasteiger partial charge in [-0.2, -0.15) is 8.42 Å². The summed E-state index contributed by atoms with van der Waals surface area (Å²) in [5.74, 6) is -1.96. The van der Waals surface area contributed by atoms with Crippen molar-refractivity contribution < 1.29 is 41.6 Å². The van der Waals surface area contributed by atoms with E-state index in [1.165, 1.54) is 27.7 Å². The van der Waals surface area contributed by atoms with Gasteiger partial charge in [-0.25, -0.2) is 4.79 Å². The maximum Gasteiger partial charge on any atom is 0.508 e. The third kappa shape index (κ3) is 8.57. The van der Waals surface area contributed by atoms with Gasteiger partial charge in [-0.05, 0) is 34.1 Å². The molecular formula is C16H29NO9S. The second kappa shape index (κ2) is 10.5. The first-order valence-electron chi connectivity index (χ1n) is 8.48. The highest BCUT2D eigenvalue weighted by atomic mass is 32.2. The normalized spacial score (nSPS) is 14.1. The molecule has 158 valence electrons. The SMILES string of the molecule is CCOC(=O)OCCC(C)(OS(=O)(=O)CCCNC(C)=O)C(C)(C)C(=O)O. The Morgan fingerprint density at radius 2 is 1.70 bits per heavy atom. The van der Waals surface area contributed by atoms with Crippen LogP contribution >= 0.6 is 0 Å². The Hall–Kier alpha value is -1.88. The van der Waals surface area contributed by atoms with Crippen molar-refractivity contribution in [1.29, 1.82) is 0 Å². The van der Waals surface area contributed by atoms with E-state index in [9.17, 15) is 27.9 Å². The van der Waals surface area contributed by atoms with Crippen molar-refractivity contribution >= 4 is 28.1 Å². The van der Waals surface area contributed by atoms with Crippen LogP contribution in [0.25, 0.3) is 0 Å². The lowest BCUT2D eigenvalue weighted by Gasteiger charge is -2.39. The minimum atomic E-state index is -4.10. The molecule has 11 heteroatoms. The molecule has 1 unspecified atom stereocenters. The highest BCUT2D eigenvalue weighted by Crippen LogP contribution is 2.39. The van der Waals surface area contributed by atoms with Gasteiger partial charge in [-0.15, -0.1) is 0 Å². The Kier molecular flexibility index (Phi) is 9.73. The van der Waals surface area contributed by atoms with E-state index in [4.69, 9.17) is 8.92 Å². The van der Waals surface area contributed by atoms with Gasteiger partial charge in [0, 0.05) is 19.9 Å². The highest BCUT2D eigenvalue weighted by Gasteiger charge is 2.50. The lowest BCUT2D eigenvalue weighted by Crippen LogP contribution is -2.51. The lowest BCUT2D eigenvalue weighted by atomic mass is 9.74. The summed E-state index contributed by atoms with van der Waals surface area (Å²) in [5.41, 5.74) is -3.28. The molecular weight excluding hydrogens is 382 g/mol. The Labute approximate surface area is 159 Å². The summed E-state index contributed by atoms with van der Waals surface area (Å²) in [5, 5.41) is 12.0. The average Bonchev–Trinajstić information content (AvgIpc) is 2.50. The fraction of sp³-hybridized carbons (Fsp3) is 0.812. The number of carbonyl (C=O) groups excluding carboxylic acids is 2. The van der Waals surface area contributed by atoms with E-state index in [2.05, 4.69) is 10.1 Å². The van der Waals surface area contributed by atoms with Crippen LogP contribution in [0, 0.1) is 5.41 Å². The minimum absolute atomic E-state index is 0.102. The number of carboxylic acid groups (broad SMARTS) is 1. The topological polar surface area (TPSA) is 145 Å². The first-order valence-corrected chi connectivity index (χ1v) is 10.1. The fourth-order valence-corrected chi connectivity index (χ4v) is 3.44. The van der Waals surface area contributed by atoms with Gasteiger partial charge in [0.15, 0.2) is 0 Å². The zero-order chi connectivity index (χ0) is 21.3. The second-order valence-electron chi connectivity index (χ2n) is 6.62. The van der Waals surface area contributed by atoms with Crippen LogP contribution in [0.1, 0.15) is 47.5 Å². The van der Waals surface area contributed by atoms with E-state index < -0.39 is 39.0 Å². The van der Waals surface area contributed by atoms with E-state index >= 15 is 0 Å². The summed E-state index contributed by atoms with van der Waals surface area (Å²) >= 11 is 0. The van der Waals surface area contributed by atoms with Gasteiger partial charge in [0.25, 0.3) is 10.1 Å². The van der Waals surface area contributed by atoms with Crippen molar-refractivity contribution in [3.05, 3.63) is 0 Å². The van der Waals surface area contributed by atoms with Crippen LogP contribution in [0.15, 0.2) is 0 Å². The van der Waals surface area contributed by atoms with Crippen molar-refractivity contribution in [1.82, 2.24) is 5.32 Å². The molecule has 0 heterocycles. The van der Waals surface area contributed by atoms with Crippen LogP contribution in [0.4, 0.5) is 4.79 Å². The summed E-state index contributed by atoms with van der Waals surface area (Å²) in [6, 6.07) is 0. The molecule has 1 amide bonds. The summed E-state index contributed by atoms with van der Waals surface area (Å²) in [6.45, 7) is 6.85. The Balaban J connectivity index is 5.16. The molecule has 27 heavy (non-hydrogen) atoms. The number of carbonyl (C=O) groups is 3. The van der Waals surface area contributed by atoms with Gasteiger partial charge in [0.05, 0.1) is 24.4 Å². The predicted molar refractivity (Wildman–Crippen MR) is 95.6 cm³/mol. The van der Waals surface area contributed by atoms with Crippen LogP contribution < -0.4 is 5.32 Å². The zero-order valence-electron chi connectivity index (χ0n) is 16.4. The van der Waals surface area contributed by atoms with E-state index in [1.54, 1.807) is 6.92 Å². The van der Waals surface area contributed by atoms with Crippen molar-refractivity contribution in [3.8, 4) is 0 Å². The second-order valence-corrected chi connectivity index (χ2v) is 8.31. The quantitative estimate of drug-likeness (QED) is 0.275. The molecule has 0 aliphatic heterocycles. The Morgan fingerprint density at radius 1 is 1.11 bits per heavy atom. The molecule has 0 rings (SSSR count). The molecule has 2 N–H and O–H groups in total. The molecule has 10 nitrogen and oxygen atoms in total. The van der Waals surface area contributed by atoms with Crippen LogP contribution in [0.5, 0.6) is 0 Å². The van der Waals surface area contributed by atoms with Gasteiger partial charge in [-0.1, -0.05) is 0 Å². The van der Waals surface area contributed by atoms with Crippen molar-refractivity contribution in [2.24, 2.45) is 5.41 Å². The third-order valence-corrected chi connectivity index (χ3v) is 5.58. The van der Waals surface area contributed by atoms with E-state index in [0.29, 0.717) is 0 Å². The molecule has 0 aromatic rings. The molecule has 0 radical (unpaired) electrons. The minimum Gasteiger partial charge on any atom is -0.481 e. The summed E-state index contributed by atoms with van der Waals surface area (Å²) in [6.07, 6.45) is -1.02. The molecule has 0 aromatic heterocycles. The van der Waals surface area contributed by atoms with E-state index in [1.807, 2.05) is 0 Å². The number of amides is 1. The van der Waals surface area contributed by atoms with Crippen LogP contribution in [0.3, 0.4) is 0 Å². The van der Waals surface area contributed by atoms with Gasteiger partial charge in [0.2, 0.25) is 5.91 Å². The summed E-state index contributed by atoms with van der Waals surface area (Å²) in [7, 11) is -4.10. The maximum absolute atomic E-state index is 12.3. The molecule has 1 atom stereocenters. The van der Waals surface area contributed by atoms with Crippen LogP contribution in [0.2, 0.25) is 0 Å². The molecule has 0 aromatic carbocycles. The average molecular weight is 411 g/mol. The smallest absolute Gasteiger partial charge is 0.481 e. The first-order chi connectivity index (χ1) is 12.3. The van der Waals surface area contributed by atoms with E-state index in [0.717, 1.165) is 0 Å². The molecule has 0 aliphatic rings. The molecule has 0 bridgehead atoms. The van der Waals surface area contributed by atoms with Crippen molar-refractivity contribution in [2.45, 2.75) is 53.1 Å². The monoisotopic (exact) mass is 411 g/mol. The van der Waals surface area contributed by atoms with Gasteiger partial charge >= 0.3 is 12.1 Å². The summed E-state index contributed by atoms with van der Waals surface area (Å²) < 4.78 is 39.3. The lowest BCUT2D eigenvalue weighted by molar-refractivity contribution is -0.160. The number of carboxylic acids is 1. The third-order valence-electron chi connectivity index (χ3n) is 4.17. The highest BCUT2D eigenvalue weighted by molar-refractivity contribution is 7.86. The molecule has 0 spiro atoms. The standard InChI is InChI=1S/C16H29NO9S/c1-6-24-14(21)25-10-8-16(5,15(3,4)13(19)20)26-27(22,23)11-7-9-17-12(2)18/h6-11H2,1-5H3,(H,17,18)(H,19,20). The number of hydrogen-bond acceptors (Lipinski definition) is 8. The maximum atomic E-state index is 12.3. The Morgan fingerprint density at radius 3 is 2.19 bits per heavy atom. The van der Waals surface area contributed by atoms with Crippen LogP contribution in [-0.4, -0.2) is 62.7 Å². The number of ether oxygens (including phenoxy) is 2. The van der Waals surface area contributed by atoms with Gasteiger partial charge < -0.3 is 19.9 Å². The van der Waals surface area contributed by atoms with Crippen molar-refractivity contribution in [2.75, 3.05) is 25.5 Å². The zero-order valence-corrected chi connectivity index (χ0v) is 17.2. The van der Waals surface area contributed by atoms with Crippen LogP contribution in [-0.2, 0) is 33.4 Å². The number of nitrogens with one attached hydrogen (secondary N) is 1. The fourth-order valence-electron chi connectivity index (χ4n) is 2.01. The largest absolute Gasteiger partial charge is 0.508 e. The van der Waals surface area contributed by atoms with Gasteiger partial charge in [0.1, 0.15) is 5.60 Å². The van der Waals surface area contributed by atoms with E-state index in [-0.39, 0.29) is 38.5 Å².